The van der Waals surface area contributed by atoms with Gasteiger partial charge >= 0.3 is 0 Å². The molecule has 0 radical (unpaired) electrons. The number of piperazine rings is 1. The Morgan fingerprint density at radius 1 is 1.47 bits per heavy atom. The van der Waals surface area contributed by atoms with E-state index in [2.05, 4.69) is 67.6 Å². The van der Waals surface area contributed by atoms with Gasteiger partial charge in [0, 0.05) is 43.1 Å². The number of benzene rings is 1. The smallest absolute Gasteiger partial charge is 0.189 e. The van der Waals surface area contributed by atoms with Crippen molar-refractivity contribution in [2.45, 2.75) is 25.0 Å². The van der Waals surface area contributed by atoms with Gasteiger partial charge in [-0.2, -0.15) is 10.2 Å². The molecular weight excluding hydrogens is 304 g/mol. The van der Waals surface area contributed by atoms with E-state index in [1.54, 1.807) is 0 Å². The molecule has 0 aromatic heterocycles. The molecule has 4 nitrogen and oxygen atoms in total. The van der Waals surface area contributed by atoms with Crippen molar-refractivity contribution in [3.63, 3.8) is 0 Å². The van der Waals surface area contributed by atoms with Crippen molar-refractivity contribution in [1.82, 2.24) is 10.2 Å². The summed E-state index contributed by atoms with van der Waals surface area (Å²) < 4.78 is 1.15. The number of halogens is 1. The molecule has 1 fully saturated rings. The average molecular weight is 323 g/mol. The van der Waals surface area contributed by atoms with Crippen LogP contribution in [0.4, 0.5) is 0 Å². The zero-order chi connectivity index (χ0) is 13.3. The van der Waals surface area contributed by atoms with E-state index in [1.807, 2.05) is 0 Å². The van der Waals surface area contributed by atoms with Crippen LogP contribution in [0.2, 0.25) is 0 Å². The molecular formula is C14H19BrN4. The fraction of sp³-hybridized carbons (Fsp3) is 0.571. The topological polar surface area (TPSA) is 40.0 Å². The molecule has 2 aliphatic rings. The minimum Gasteiger partial charge on any atom is -0.308 e. The van der Waals surface area contributed by atoms with Crippen molar-refractivity contribution >= 4 is 15.9 Å². The van der Waals surface area contributed by atoms with Crippen LogP contribution >= 0.6 is 15.9 Å². The van der Waals surface area contributed by atoms with Crippen molar-refractivity contribution < 1.29 is 0 Å². The third-order valence-electron chi connectivity index (χ3n) is 3.85. The first-order chi connectivity index (χ1) is 9.15. The Labute approximate surface area is 122 Å². The van der Waals surface area contributed by atoms with Crippen LogP contribution < -0.4 is 5.32 Å². The summed E-state index contributed by atoms with van der Waals surface area (Å²) in [6, 6.07) is 8.99. The zero-order valence-electron chi connectivity index (χ0n) is 11.1. The second kappa shape index (κ2) is 5.31. The van der Waals surface area contributed by atoms with Crippen LogP contribution in [0.1, 0.15) is 24.9 Å². The molecule has 5 heteroatoms. The Kier molecular flexibility index (Phi) is 3.69. The van der Waals surface area contributed by atoms with Crippen LogP contribution in [0, 0.1) is 0 Å². The van der Waals surface area contributed by atoms with Gasteiger partial charge in [0.2, 0.25) is 0 Å². The van der Waals surface area contributed by atoms with Crippen LogP contribution in [0.25, 0.3) is 0 Å². The second-order valence-electron chi connectivity index (χ2n) is 5.53. The van der Waals surface area contributed by atoms with Crippen molar-refractivity contribution in [2.75, 3.05) is 26.2 Å². The molecule has 1 aromatic carbocycles. The van der Waals surface area contributed by atoms with Crippen LogP contribution in [0.15, 0.2) is 39.0 Å². The van der Waals surface area contributed by atoms with E-state index in [1.165, 1.54) is 5.56 Å². The highest BCUT2D eigenvalue weighted by Gasteiger charge is 2.34. The molecule has 0 spiro atoms. The normalized spacial score (nSPS) is 25.5. The summed E-state index contributed by atoms with van der Waals surface area (Å²) in [4.78, 5) is 2.51. The highest BCUT2D eigenvalue weighted by atomic mass is 79.9. The summed E-state index contributed by atoms with van der Waals surface area (Å²) in [6.45, 7) is 6.39. The Morgan fingerprint density at radius 2 is 2.32 bits per heavy atom. The van der Waals surface area contributed by atoms with Gasteiger partial charge in [0.25, 0.3) is 0 Å². The van der Waals surface area contributed by atoms with E-state index in [9.17, 15) is 0 Å². The lowest BCUT2D eigenvalue weighted by atomic mass is 10.0. The van der Waals surface area contributed by atoms with Gasteiger partial charge in [0.15, 0.2) is 5.66 Å². The largest absolute Gasteiger partial charge is 0.308 e. The minimum absolute atomic E-state index is 0.0733. The van der Waals surface area contributed by atoms with Gasteiger partial charge in [-0.15, -0.1) is 0 Å². The zero-order valence-corrected chi connectivity index (χ0v) is 12.7. The Bertz CT molecular complexity index is 482. The number of hydrogen-bond donors (Lipinski definition) is 1. The van der Waals surface area contributed by atoms with Crippen molar-refractivity contribution in [2.24, 2.45) is 10.2 Å². The summed E-state index contributed by atoms with van der Waals surface area (Å²) >= 11 is 3.54. The number of rotatable bonds is 4. The molecule has 2 aliphatic heterocycles. The van der Waals surface area contributed by atoms with Crippen molar-refractivity contribution in [3.8, 4) is 0 Å². The van der Waals surface area contributed by atoms with Gasteiger partial charge in [0.1, 0.15) is 0 Å². The first-order valence-corrected chi connectivity index (χ1v) is 7.59. The fourth-order valence-corrected chi connectivity index (χ4v) is 2.93. The maximum atomic E-state index is 4.08. The lowest BCUT2D eigenvalue weighted by molar-refractivity contribution is 0.192. The van der Waals surface area contributed by atoms with E-state index in [4.69, 9.17) is 0 Å². The van der Waals surface area contributed by atoms with Gasteiger partial charge in [-0.3, -0.25) is 0 Å². The molecule has 19 heavy (non-hydrogen) atoms. The predicted octanol–water partition coefficient (Wildman–Crippen LogP) is 2.97. The molecule has 102 valence electrons. The van der Waals surface area contributed by atoms with Crippen molar-refractivity contribution in [1.29, 1.82) is 0 Å². The summed E-state index contributed by atoms with van der Waals surface area (Å²) in [5.74, 6) is 0. The highest BCUT2D eigenvalue weighted by molar-refractivity contribution is 9.10. The fourth-order valence-electron chi connectivity index (χ4n) is 2.52. The minimum atomic E-state index is -0.0733. The van der Waals surface area contributed by atoms with Crippen molar-refractivity contribution in [3.05, 3.63) is 34.3 Å². The molecule has 1 saturated heterocycles. The van der Waals surface area contributed by atoms with Gasteiger partial charge < -0.3 is 10.2 Å². The predicted molar refractivity (Wildman–Crippen MR) is 79.2 cm³/mol. The Morgan fingerprint density at radius 3 is 3.05 bits per heavy atom. The molecule has 0 amide bonds. The summed E-state index contributed by atoms with van der Waals surface area (Å²) in [6.07, 6.45) is 1.04. The van der Waals surface area contributed by atoms with Crippen LogP contribution in [-0.4, -0.2) is 36.7 Å². The van der Waals surface area contributed by atoms with E-state index in [0.29, 0.717) is 6.04 Å². The van der Waals surface area contributed by atoms with E-state index in [-0.39, 0.29) is 5.66 Å². The lowest BCUT2D eigenvalue weighted by Gasteiger charge is -2.34. The van der Waals surface area contributed by atoms with E-state index in [0.717, 1.165) is 37.1 Å². The maximum Gasteiger partial charge on any atom is 0.189 e. The highest BCUT2D eigenvalue weighted by Crippen LogP contribution is 2.31. The van der Waals surface area contributed by atoms with E-state index < -0.39 is 0 Å². The van der Waals surface area contributed by atoms with Crippen LogP contribution in [-0.2, 0) is 0 Å². The monoisotopic (exact) mass is 322 g/mol. The standard InChI is InChI=1S/C14H19BrN4/c1-14(17-18-14)5-7-19-8-6-16-13(10-19)11-3-2-4-12(15)9-11/h2-4,9,13,16H,5-8,10H2,1H3. The molecule has 1 aromatic rings. The summed E-state index contributed by atoms with van der Waals surface area (Å²) in [5, 5.41) is 11.8. The second-order valence-corrected chi connectivity index (χ2v) is 6.44. The van der Waals surface area contributed by atoms with E-state index >= 15 is 0 Å². The maximum absolute atomic E-state index is 4.08. The van der Waals surface area contributed by atoms with Crippen LogP contribution in [0.5, 0.6) is 0 Å². The van der Waals surface area contributed by atoms with Gasteiger partial charge in [-0.1, -0.05) is 28.1 Å². The third-order valence-corrected chi connectivity index (χ3v) is 4.35. The first-order valence-electron chi connectivity index (χ1n) is 6.80. The summed E-state index contributed by atoms with van der Waals surface area (Å²) in [7, 11) is 0. The molecule has 1 unspecified atom stereocenters. The lowest BCUT2D eigenvalue weighted by Crippen LogP contribution is -2.46. The SMILES string of the molecule is CC1(CCN2CCNC(c3cccc(Br)c3)C2)N=N1. The molecule has 3 rings (SSSR count). The van der Waals surface area contributed by atoms with Gasteiger partial charge in [-0.05, 0) is 24.6 Å². The molecule has 0 aliphatic carbocycles. The number of hydrogen-bond acceptors (Lipinski definition) is 4. The Balaban J connectivity index is 1.58. The molecule has 0 bridgehead atoms. The van der Waals surface area contributed by atoms with Gasteiger partial charge in [0.05, 0.1) is 0 Å². The molecule has 2 heterocycles. The summed E-state index contributed by atoms with van der Waals surface area (Å²) in [5.41, 5.74) is 1.28. The van der Waals surface area contributed by atoms with Crippen LogP contribution in [0.3, 0.4) is 0 Å². The quantitative estimate of drug-likeness (QED) is 0.925. The molecule has 1 atom stereocenters. The average Bonchev–Trinajstić information content (AvgIpc) is 3.16. The number of nitrogens with zero attached hydrogens (tertiary/aromatic N) is 3. The molecule has 1 N–H and O–H groups in total. The molecule has 0 saturated carbocycles. The first kappa shape index (κ1) is 13.2. The third kappa shape index (κ3) is 3.41. The van der Waals surface area contributed by atoms with Gasteiger partial charge in [-0.25, -0.2) is 0 Å². The Hall–Kier alpha value is -0.780. The number of nitrogens with one attached hydrogen (secondary N) is 1.